The van der Waals surface area contributed by atoms with Crippen molar-refractivity contribution in [3.63, 3.8) is 0 Å². The van der Waals surface area contributed by atoms with E-state index in [4.69, 9.17) is 4.74 Å². The monoisotopic (exact) mass is 376 g/mol. The maximum Gasteiger partial charge on any atom is 0.340 e. The first kappa shape index (κ1) is 18.7. The lowest BCUT2D eigenvalue weighted by molar-refractivity contribution is 0.0525. The highest BCUT2D eigenvalue weighted by Gasteiger charge is 2.24. The number of hydrogen-bond acceptors (Lipinski definition) is 6. The summed E-state index contributed by atoms with van der Waals surface area (Å²) < 4.78 is 5.06. The topological polar surface area (TPSA) is 101 Å². The number of aryl methyl sites for hydroxylation is 1. The third kappa shape index (κ3) is 3.85. The summed E-state index contributed by atoms with van der Waals surface area (Å²) in [7, 11) is 0. The normalized spacial score (nSPS) is 14.7. The van der Waals surface area contributed by atoms with Gasteiger partial charge in [-0.15, -0.1) is 5.10 Å². The fraction of sp³-hybridized carbons (Fsp3) is 0.556. The molecule has 1 saturated carbocycles. The van der Waals surface area contributed by atoms with E-state index in [2.05, 4.69) is 20.2 Å². The molecule has 0 unspecified atom stereocenters. The second-order valence-electron chi connectivity index (χ2n) is 6.54. The number of aromatic amines is 2. The molecular weight excluding hydrogens is 352 g/mol. The van der Waals surface area contributed by atoms with Gasteiger partial charge in [-0.2, -0.15) is 0 Å². The van der Waals surface area contributed by atoms with Gasteiger partial charge in [0.15, 0.2) is 5.78 Å². The average Bonchev–Trinajstić information content (AvgIpc) is 3.32. The van der Waals surface area contributed by atoms with E-state index in [-0.39, 0.29) is 11.5 Å². The van der Waals surface area contributed by atoms with Crippen LogP contribution in [-0.2, 0) is 4.74 Å². The van der Waals surface area contributed by atoms with Crippen LogP contribution in [0, 0.1) is 13.8 Å². The Morgan fingerprint density at radius 3 is 2.69 bits per heavy atom. The van der Waals surface area contributed by atoms with Gasteiger partial charge in [-0.3, -0.25) is 9.89 Å². The standard InChI is InChI=1S/C18H24N4O3S/c1-4-25-17(24)14-10(2)15(19-11(14)3)13(23)9-26-18-20-16(21-22-18)12-7-5-6-8-12/h12,19H,4-9H2,1-3H3,(H,20,21,22). The largest absolute Gasteiger partial charge is 0.462 e. The van der Waals surface area contributed by atoms with Crippen molar-refractivity contribution in [1.29, 1.82) is 0 Å². The molecule has 2 aromatic rings. The predicted octanol–water partition coefficient (Wildman–Crippen LogP) is 3.56. The summed E-state index contributed by atoms with van der Waals surface area (Å²) >= 11 is 1.31. The lowest BCUT2D eigenvalue weighted by Crippen LogP contribution is -2.08. The van der Waals surface area contributed by atoms with E-state index in [1.165, 1.54) is 24.6 Å². The lowest BCUT2D eigenvalue weighted by Gasteiger charge is -2.02. The number of carbonyl (C=O) groups excluding carboxylic acids is 2. The van der Waals surface area contributed by atoms with E-state index in [1.807, 2.05) is 0 Å². The zero-order valence-corrected chi connectivity index (χ0v) is 16.2. The number of carbonyl (C=O) groups is 2. The van der Waals surface area contributed by atoms with Crippen LogP contribution in [0.4, 0.5) is 0 Å². The fourth-order valence-corrected chi connectivity index (χ4v) is 4.12. The summed E-state index contributed by atoms with van der Waals surface area (Å²) in [5.41, 5.74) is 2.18. The Balaban J connectivity index is 1.65. The number of H-pyrrole nitrogens is 2. The van der Waals surface area contributed by atoms with Crippen molar-refractivity contribution in [3.8, 4) is 0 Å². The Kier molecular flexibility index (Phi) is 5.80. The summed E-state index contributed by atoms with van der Waals surface area (Å²) in [5.74, 6) is 1.12. The summed E-state index contributed by atoms with van der Waals surface area (Å²) in [6, 6.07) is 0. The van der Waals surface area contributed by atoms with Gasteiger partial charge in [-0.25, -0.2) is 9.78 Å². The van der Waals surface area contributed by atoms with Crippen LogP contribution in [0.2, 0.25) is 0 Å². The molecule has 140 valence electrons. The van der Waals surface area contributed by atoms with E-state index in [9.17, 15) is 9.59 Å². The van der Waals surface area contributed by atoms with Crippen LogP contribution in [0.5, 0.6) is 0 Å². The van der Waals surface area contributed by atoms with Crippen molar-refractivity contribution in [3.05, 3.63) is 28.3 Å². The molecule has 26 heavy (non-hydrogen) atoms. The van der Waals surface area contributed by atoms with Crippen LogP contribution in [0.1, 0.15) is 76.5 Å². The smallest absolute Gasteiger partial charge is 0.340 e. The molecule has 2 heterocycles. The van der Waals surface area contributed by atoms with Gasteiger partial charge in [0, 0.05) is 11.6 Å². The SMILES string of the molecule is CCOC(=O)c1c(C)[nH]c(C(=O)CSc2n[nH]c(C3CCCC3)n2)c1C. The molecule has 1 fully saturated rings. The quantitative estimate of drug-likeness (QED) is 0.435. The van der Waals surface area contributed by atoms with Gasteiger partial charge in [-0.05, 0) is 39.2 Å². The van der Waals surface area contributed by atoms with Crippen LogP contribution in [0.25, 0.3) is 0 Å². The Labute approximate surface area is 156 Å². The van der Waals surface area contributed by atoms with E-state index in [0.717, 1.165) is 18.7 Å². The van der Waals surface area contributed by atoms with Gasteiger partial charge in [-0.1, -0.05) is 24.6 Å². The molecule has 0 aromatic carbocycles. The van der Waals surface area contributed by atoms with Crippen LogP contribution in [0.3, 0.4) is 0 Å². The first-order chi connectivity index (χ1) is 12.5. The molecule has 0 aliphatic heterocycles. The van der Waals surface area contributed by atoms with Crippen LogP contribution >= 0.6 is 11.8 Å². The summed E-state index contributed by atoms with van der Waals surface area (Å²) in [4.78, 5) is 32.2. The molecule has 0 saturated heterocycles. The number of esters is 1. The van der Waals surface area contributed by atoms with Crippen molar-refractivity contribution in [2.75, 3.05) is 12.4 Å². The molecule has 0 spiro atoms. The molecule has 0 radical (unpaired) electrons. The Morgan fingerprint density at radius 1 is 1.27 bits per heavy atom. The van der Waals surface area contributed by atoms with E-state index >= 15 is 0 Å². The molecule has 0 atom stereocenters. The summed E-state index contributed by atoms with van der Waals surface area (Å²) in [6.45, 7) is 5.59. The van der Waals surface area contributed by atoms with Gasteiger partial charge in [0.1, 0.15) is 5.82 Å². The number of ether oxygens (including phenoxy) is 1. The highest BCUT2D eigenvalue weighted by Crippen LogP contribution is 2.32. The number of nitrogens with one attached hydrogen (secondary N) is 2. The van der Waals surface area contributed by atoms with Crippen molar-refractivity contribution < 1.29 is 14.3 Å². The summed E-state index contributed by atoms with van der Waals surface area (Å²) in [5, 5.41) is 7.81. The van der Waals surface area contributed by atoms with E-state index in [1.54, 1.807) is 20.8 Å². The minimum absolute atomic E-state index is 0.0848. The van der Waals surface area contributed by atoms with Gasteiger partial charge in [0.25, 0.3) is 0 Å². The van der Waals surface area contributed by atoms with E-state index in [0.29, 0.717) is 40.2 Å². The van der Waals surface area contributed by atoms with Crippen molar-refractivity contribution in [2.24, 2.45) is 0 Å². The molecule has 3 rings (SSSR count). The minimum Gasteiger partial charge on any atom is -0.462 e. The average molecular weight is 376 g/mol. The third-order valence-electron chi connectivity index (χ3n) is 4.75. The second kappa shape index (κ2) is 8.07. The zero-order valence-electron chi connectivity index (χ0n) is 15.3. The number of aromatic nitrogens is 4. The third-order valence-corrected chi connectivity index (χ3v) is 5.60. The van der Waals surface area contributed by atoms with Gasteiger partial charge in [0.2, 0.25) is 5.16 Å². The van der Waals surface area contributed by atoms with Gasteiger partial charge in [0.05, 0.1) is 23.6 Å². The molecule has 0 bridgehead atoms. The molecule has 2 N–H and O–H groups in total. The first-order valence-corrected chi connectivity index (χ1v) is 9.94. The van der Waals surface area contributed by atoms with Crippen molar-refractivity contribution in [1.82, 2.24) is 20.2 Å². The minimum atomic E-state index is -0.402. The number of hydrogen-bond donors (Lipinski definition) is 2. The lowest BCUT2D eigenvalue weighted by atomic mass is 10.1. The Morgan fingerprint density at radius 2 is 2.00 bits per heavy atom. The van der Waals surface area contributed by atoms with Crippen LogP contribution < -0.4 is 0 Å². The van der Waals surface area contributed by atoms with Gasteiger partial charge < -0.3 is 9.72 Å². The second-order valence-corrected chi connectivity index (χ2v) is 7.48. The highest BCUT2D eigenvalue weighted by atomic mass is 32.2. The Bertz CT molecular complexity index is 805. The molecule has 1 aliphatic carbocycles. The first-order valence-electron chi connectivity index (χ1n) is 8.95. The maximum atomic E-state index is 12.6. The molecule has 8 heteroatoms. The van der Waals surface area contributed by atoms with E-state index < -0.39 is 5.97 Å². The van der Waals surface area contributed by atoms with Crippen molar-refractivity contribution >= 4 is 23.5 Å². The molecule has 2 aromatic heterocycles. The Hall–Kier alpha value is -2.09. The maximum absolute atomic E-state index is 12.6. The van der Waals surface area contributed by atoms with Crippen LogP contribution in [-0.4, -0.2) is 44.3 Å². The fourth-order valence-electron chi connectivity index (χ4n) is 3.45. The van der Waals surface area contributed by atoms with Crippen molar-refractivity contribution in [2.45, 2.75) is 57.5 Å². The predicted molar refractivity (Wildman–Crippen MR) is 98.9 cm³/mol. The van der Waals surface area contributed by atoms with Crippen LogP contribution in [0.15, 0.2) is 5.16 Å². The molecule has 7 nitrogen and oxygen atoms in total. The molecule has 1 aliphatic rings. The number of rotatable bonds is 7. The summed E-state index contributed by atoms with van der Waals surface area (Å²) in [6.07, 6.45) is 4.77. The zero-order chi connectivity index (χ0) is 18.7. The molecular formula is C18H24N4O3S. The number of Topliss-reactive ketones (excluding diaryl/α,β-unsaturated/α-hetero) is 1. The molecule has 0 amide bonds. The van der Waals surface area contributed by atoms with Gasteiger partial charge >= 0.3 is 5.97 Å². The number of nitrogens with zero attached hydrogens (tertiary/aromatic N) is 2. The number of ketones is 1. The highest BCUT2D eigenvalue weighted by molar-refractivity contribution is 7.99. The number of thioether (sulfide) groups is 1.